The molecule has 0 radical (unpaired) electrons. The van der Waals surface area contributed by atoms with Crippen LogP contribution in [0, 0.1) is 0 Å². The first kappa shape index (κ1) is 19.7. The van der Waals surface area contributed by atoms with Crippen molar-refractivity contribution in [3.05, 3.63) is 64.9 Å². The number of nitrogens with one attached hydrogen (secondary N) is 1. The van der Waals surface area contributed by atoms with Crippen LogP contribution in [0.5, 0.6) is 5.88 Å². The van der Waals surface area contributed by atoms with E-state index < -0.39 is 0 Å². The highest BCUT2D eigenvalue weighted by atomic mass is 16.5. The molecule has 4 rings (SSSR count). The first-order chi connectivity index (χ1) is 13.8. The summed E-state index contributed by atoms with van der Waals surface area (Å²) in [5, 5.41) is 3.05. The second kappa shape index (κ2) is 7.66. The highest BCUT2D eigenvalue weighted by Crippen LogP contribution is 2.44. The van der Waals surface area contributed by atoms with Crippen LogP contribution in [0.4, 0.5) is 0 Å². The third-order valence-corrected chi connectivity index (χ3v) is 5.83. The van der Waals surface area contributed by atoms with Crippen molar-refractivity contribution >= 4 is 11.5 Å². The van der Waals surface area contributed by atoms with Gasteiger partial charge in [-0.05, 0) is 47.8 Å². The highest BCUT2D eigenvalue weighted by molar-refractivity contribution is 5.82. The van der Waals surface area contributed by atoms with E-state index in [0.29, 0.717) is 12.3 Å². The molecule has 1 saturated heterocycles. The molecular weight excluding hydrogens is 360 g/mol. The molecule has 152 valence electrons. The van der Waals surface area contributed by atoms with Gasteiger partial charge in [0.15, 0.2) is 0 Å². The molecule has 0 unspecified atom stereocenters. The number of aromatic nitrogens is 1. The van der Waals surface area contributed by atoms with Gasteiger partial charge in [0.2, 0.25) is 11.8 Å². The molecule has 1 N–H and O–H groups in total. The van der Waals surface area contributed by atoms with Gasteiger partial charge < -0.3 is 10.1 Å². The molecule has 29 heavy (non-hydrogen) atoms. The maximum Gasteiger partial charge on any atom is 0.220 e. The third-order valence-electron chi connectivity index (χ3n) is 5.83. The molecule has 1 atom stereocenters. The van der Waals surface area contributed by atoms with E-state index in [1.165, 1.54) is 24.0 Å². The fraction of sp³-hybridized carbons (Fsp3) is 0.440. The van der Waals surface area contributed by atoms with Crippen LogP contribution in [0.2, 0.25) is 0 Å². The maximum absolute atomic E-state index is 11.7. The second-order valence-electron chi connectivity index (χ2n) is 9.19. The third kappa shape index (κ3) is 4.36. The fourth-order valence-electron chi connectivity index (χ4n) is 3.91. The van der Waals surface area contributed by atoms with Gasteiger partial charge in [-0.3, -0.25) is 4.79 Å². The van der Waals surface area contributed by atoms with Gasteiger partial charge in [-0.2, -0.15) is 0 Å². The summed E-state index contributed by atoms with van der Waals surface area (Å²) in [5.74, 6) is 1.42. The number of pyridine rings is 1. The number of nitrogens with zero attached hydrogens (tertiary/aromatic N) is 1. The summed E-state index contributed by atoms with van der Waals surface area (Å²) >= 11 is 0. The molecule has 2 aliphatic rings. The van der Waals surface area contributed by atoms with Gasteiger partial charge in [-0.15, -0.1) is 0 Å². The molecule has 0 spiro atoms. The molecule has 2 heterocycles. The van der Waals surface area contributed by atoms with Crippen LogP contribution in [0.3, 0.4) is 0 Å². The quantitative estimate of drug-likeness (QED) is 0.784. The Labute approximate surface area is 173 Å². The number of benzene rings is 1. The van der Waals surface area contributed by atoms with Gasteiger partial charge in [0, 0.05) is 23.6 Å². The van der Waals surface area contributed by atoms with E-state index in [0.717, 1.165) is 29.1 Å². The average molecular weight is 391 g/mol. The van der Waals surface area contributed by atoms with Crippen molar-refractivity contribution in [1.82, 2.24) is 10.3 Å². The molecule has 1 saturated carbocycles. The van der Waals surface area contributed by atoms with E-state index in [2.05, 4.69) is 68.6 Å². The molecule has 2 aromatic rings. The Hall–Kier alpha value is -2.62. The second-order valence-corrected chi connectivity index (χ2v) is 9.19. The Bertz CT molecular complexity index is 934. The zero-order chi connectivity index (χ0) is 20.6. The SMILES string of the molecule is COc1nc(/C(=C/[C@H]2CCC(=O)N2)c2ccc(C(C)(C)C)cc2)ccc1C1CC1. The van der Waals surface area contributed by atoms with Crippen molar-refractivity contribution < 1.29 is 9.53 Å². The molecule has 4 heteroatoms. The van der Waals surface area contributed by atoms with Gasteiger partial charge in [-0.25, -0.2) is 4.98 Å². The molecule has 0 bridgehead atoms. The molecule has 1 aromatic heterocycles. The smallest absolute Gasteiger partial charge is 0.220 e. The minimum atomic E-state index is 0.0377. The summed E-state index contributed by atoms with van der Waals surface area (Å²) in [6, 6.07) is 13.0. The topological polar surface area (TPSA) is 51.2 Å². The van der Waals surface area contributed by atoms with Crippen molar-refractivity contribution in [2.75, 3.05) is 7.11 Å². The van der Waals surface area contributed by atoms with E-state index in [4.69, 9.17) is 9.72 Å². The number of carbonyl (C=O) groups excluding carboxylic acids is 1. The Morgan fingerprint density at radius 2 is 1.83 bits per heavy atom. The lowest BCUT2D eigenvalue weighted by Crippen LogP contribution is -2.23. The lowest BCUT2D eigenvalue weighted by molar-refractivity contribution is -0.119. The zero-order valence-corrected chi connectivity index (χ0v) is 17.8. The van der Waals surface area contributed by atoms with E-state index in [1.54, 1.807) is 7.11 Å². The minimum Gasteiger partial charge on any atom is -0.481 e. The summed E-state index contributed by atoms with van der Waals surface area (Å²) < 4.78 is 5.62. The standard InChI is InChI=1S/C25H30N2O2/c1-25(2,3)18-9-7-17(8-10-18)21(15-19-11-14-23(28)26-19)22-13-12-20(16-5-6-16)24(27-22)29-4/h7-10,12-13,15-16,19H,5-6,11,14H2,1-4H3,(H,26,28)/b21-15+/t19-/m1/s1. The fourth-order valence-corrected chi connectivity index (χ4v) is 3.91. The van der Waals surface area contributed by atoms with E-state index in [1.807, 2.05) is 0 Å². The summed E-state index contributed by atoms with van der Waals surface area (Å²) in [5.41, 5.74) is 5.63. The van der Waals surface area contributed by atoms with E-state index in [-0.39, 0.29) is 17.4 Å². The molecule has 1 aromatic carbocycles. The van der Waals surface area contributed by atoms with Crippen LogP contribution in [0.25, 0.3) is 5.57 Å². The predicted octanol–water partition coefficient (Wildman–Crippen LogP) is 4.98. The van der Waals surface area contributed by atoms with Crippen molar-refractivity contribution in [2.45, 2.75) is 63.8 Å². The summed E-state index contributed by atoms with van der Waals surface area (Å²) in [7, 11) is 1.69. The number of hydrogen-bond acceptors (Lipinski definition) is 3. The van der Waals surface area contributed by atoms with Crippen LogP contribution in [-0.2, 0) is 10.2 Å². The minimum absolute atomic E-state index is 0.0377. The number of hydrogen-bond donors (Lipinski definition) is 1. The molecule has 1 aliphatic carbocycles. The van der Waals surface area contributed by atoms with Crippen LogP contribution in [0.15, 0.2) is 42.5 Å². The molecule has 2 fully saturated rings. The molecule has 4 nitrogen and oxygen atoms in total. The van der Waals surface area contributed by atoms with Crippen LogP contribution < -0.4 is 10.1 Å². The van der Waals surface area contributed by atoms with Gasteiger partial charge >= 0.3 is 0 Å². The van der Waals surface area contributed by atoms with Crippen molar-refractivity contribution in [3.63, 3.8) is 0 Å². The number of carbonyl (C=O) groups is 1. The van der Waals surface area contributed by atoms with Gasteiger partial charge in [0.25, 0.3) is 0 Å². The number of amides is 1. The highest BCUT2D eigenvalue weighted by Gasteiger charge is 2.28. The van der Waals surface area contributed by atoms with Crippen molar-refractivity contribution in [2.24, 2.45) is 0 Å². The molecule has 1 amide bonds. The summed E-state index contributed by atoms with van der Waals surface area (Å²) in [6.45, 7) is 6.65. The first-order valence-corrected chi connectivity index (χ1v) is 10.5. The van der Waals surface area contributed by atoms with Gasteiger partial charge in [0.05, 0.1) is 12.8 Å². The lowest BCUT2D eigenvalue weighted by atomic mass is 9.86. The average Bonchev–Trinajstić information content (AvgIpc) is 3.46. The summed E-state index contributed by atoms with van der Waals surface area (Å²) in [4.78, 5) is 16.6. The zero-order valence-electron chi connectivity index (χ0n) is 17.8. The maximum atomic E-state index is 11.7. The Morgan fingerprint density at radius 3 is 2.38 bits per heavy atom. The Balaban J connectivity index is 1.74. The van der Waals surface area contributed by atoms with Crippen LogP contribution >= 0.6 is 0 Å². The summed E-state index contributed by atoms with van der Waals surface area (Å²) in [6.07, 6.45) is 5.97. The normalized spacial score (nSPS) is 19.9. The lowest BCUT2D eigenvalue weighted by Gasteiger charge is -2.20. The number of rotatable bonds is 5. The van der Waals surface area contributed by atoms with Gasteiger partial charge in [-0.1, -0.05) is 57.2 Å². The van der Waals surface area contributed by atoms with Crippen LogP contribution in [-0.4, -0.2) is 24.0 Å². The predicted molar refractivity (Wildman–Crippen MR) is 116 cm³/mol. The van der Waals surface area contributed by atoms with E-state index in [9.17, 15) is 4.79 Å². The molecular formula is C25H30N2O2. The number of methoxy groups -OCH3 is 1. The largest absolute Gasteiger partial charge is 0.481 e. The molecule has 1 aliphatic heterocycles. The van der Waals surface area contributed by atoms with E-state index >= 15 is 0 Å². The van der Waals surface area contributed by atoms with Gasteiger partial charge in [0.1, 0.15) is 0 Å². The van der Waals surface area contributed by atoms with Crippen LogP contribution in [0.1, 0.15) is 74.8 Å². The first-order valence-electron chi connectivity index (χ1n) is 10.5. The van der Waals surface area contributed by atoms with Crippen molar-refractivity contribution in [3.8, 4) is 5.88 Å². The number of ether oxygens (including phenoxy) is 1. The van der Waals surface area contributed by atoms with Crippen molar-refractivity contribution in [1.29, 1.82) is 0 Å². The monoisotopic (exact) mass is 390 g/mol. The Morgan fingerprint density at radius 1 is 1.10 bits per heavy atom. The Kier molecular flexibility index (Phi) is 5.20.